The summed E-state index contributed by atoms with van der Waals surface area (Å²) in [6.07, 6.45) is 1.44. The number of hydrogen-bond donors (Lipinski definition) is 2. The zero-order valence-electron chi connectivity index (χ0n) is 9.48. The summed E-state index contributed by atoms with van der Waals surface area (Å²) in [6, 6.07) is 7.35. The fraction of sp³-hybridized carbons (Fsp3) is 0. The molecule has 1 N–H and O–H groups in total. The zero-order valence-corrected chi connectivity index (χ0v) is 10.4. The topological polar surface area (TPSA) is 93.3 Å². The second-order valence-electron chi connectivity index (χ2n) is 3.63. The van der Waals surface area contributed by atoms with Gasteiger partial charge in [-0.3, -0.25) is 15.1 Å². The number of nitro groups is 1. The Morgan fingerprint density at radius 1 is 1.32 bits per heavy atom. The Morgan fingerprint density at radius 3 is 2.58 bits per heavy atom. The van der Waals surface area contributed by atoms with Crippen LogP contribution >= 0.6 is 12.6 Å². The largest absolute Gasteiger partial charge is 0.478 e. The van der Waals surface area contributed by atoms with Gasteiger partial charge >= 0.3 is 5.97 Å². The van der Waals surface area contributed by atoms with E-state index in [0.717, 1.165) is 0 Å². The Balaban J connectivity index is 2.85. The van der Waals surface area contributed by atoms with E-state index in [9.17, 15) is 14.9 Å². The van der Waals surface area contributed by atoms with Gasteiger partial charge in [-0.15, -0.1) is 12.6 Å². The lowest BCUT2D eigenvalue weighted by atomic mass is 10.0. The molecule has 0 radical (unpaired) electrons. The third-order valence-electron chi connectivity index (χ3n) is 2.49. The van der Waals surface area contributed by atoms with E-state index in [1.807, 2.05) is 0 Å². The van der Waals surface area contributed by atoms with Gasteiger partial charge in [0.25, 0.3) is 5.69 Å². The third kappa shape index (κ3) is 2.41. The van der Waals surface area contributed by atoms with Crippen LogP contribution in [0.3, 0.4) is 0 Å². The number of hydrogen-bond acceptors (Lipinski definition) is 5. The quantitative estimate of drug-likeness (QED) is 0.510. The summed E-state index contributed by atoms with van der Waals surface area (Å²) >= 11 is 4.01. The number of carbonyl (C=O) groups is 1. The van der Waals surface area contributed by atoms with Crippen molar-refractivity contribution in [3.63, 3.8) is 0 Å². The Bertz CT molecular complexity index is 658. The number of aromatic carboxylic acids is 1. The van der Waals surface area contributed by atoms with Crippen molar-refractivity contribution in [2.75, 3.05) is 0 Å². The van der Waals surface area contributed by atoms with Crippen LogP contribution in [-0.4, -0.2) is 21.0 Å². The van der Waals surface area contributed by atoms with E-state index in [0.29, 0.717) is 0 Å². The van der Waals surface area contributed by atoms with Gasteiger partial charge in [-0.25, -0.2) is 4.79 Å². The van der Waals surface area contributed by atoms with Gasteiger partial charge in [-0.2, -0.15) is 0 Å². The zero-order chi connectivity index (χ0) is 14.0. The fourth-order valence-corrected chi connectivity index (χ4v) is 1.98. The maximum absolute atomic E-state index is 11.2. The van der Waals surface area contributed by atoms with E-state index in [1.54, 1.807) is 12.1 Å². The summed E-state index contributed by atoms with van der Waals surface area (Å²) < 4.78 is 0. The number of pyridine rings is 1. The first-order chi connectivity index (χ1) is 9.02. The molecule has 1 aromatic heterocycles. The highest BCUT2D eigenvalue weighted by molar-refractivity contribution is 7.80. The second kappa shape index (κ2) is 5.07. The summed E-state index contributed by atoms with van der Waals surface area (Å²) in [4.78, 5) is 25.7. The molecule has 0 spiro atoms. The molecule has 1 heterocycles. The van der Waals surface area contributed by atoms with E-state index >= 15 is 0 Å². The summed E-state index contributed by atoms with van der Waals surface area (Å²) in [6.45, 7) is 0. The minimum absolute atomic E-state index is 0.0365. The van der Waals surface area contributed by atoms with Gasteiger partial charge in [0.05, 0.1) is 26.6 Å². The predicted molar refractivity (Wildman–Crippen MR) is 70.5 cm³/mol. The normalized spacial score (nSPS) is 10.2. The number of carboxylic acids is 1. The molecule has 6 nitrogen and oxygen atoms in total. The summed E-state index contributed by atoms with van der Waals surface area (Å²) in [5.74, 6) is -1.25. The van der Waals surface area contributed by atoms with Crippen molar-refractivity contribution in [1.29, 1.82) is 0 Å². The number of nitrogens with zero attached hydrogens (tertiary/aromatic N) is 2. The Labute approximate surface area is 113 Å². The molecule has 0 aliphatic carbocycles. The lowest BCUT2D eigenvalue weighted by Crippen LogP contribution is -2.04. The number of thiol groups is 1. The molecule has 1 aromatic carbocycles. The fourth-order valence-electron chi connectivity index (χ4n) is 1.71. The van der Waals surface area contributed by atoms with Crippen molar-refractivity contribution in [3.05, 3.63) is 52.2 Å². The first kappa shape index (κ1) is 13.0. The molecule has 19 heavy (non-hydrogen) atoms. The van der Waals surface area contributed by atoms with Crippen LogP contribution in [0.2, 0.25) is 0 Å². The molecular formula is C12H8N2O4S. The highest BCUT2D eigenvalue weighted by Gasteiger charge is 2.26. The molecule has 7 heteroatoms. The van der Waals surface area contributed by atoms with Crippen molar-refractivity contribution in [3.8, 4) is 11.3 Å². The van der Waals surface area contributed by atoms with Crippen molar-refractivity contribution < 1.29 is 14.8 Å². The van der Waals surface area contributed by atoms with Gasteiger partial charge < -0.3 is 5.11 Å². The average Bonchev–Trinajstić information content (AvgIpc) is 2.38. The van der Waals surface area contributed by atoms with Gasteiger partial charge in [0.1, 0.15) is 0 Å². The highest BCUT2D eigenvalue weighted by Crippen LogP contribution is 2.36. The molecule has 0 fully saturated rings. The molecule has 0 unspecified atom stereocenters. The Kier molecular flexibility index (Phi) is 3.48. The van der Waals surface area contributed by atoms with E-state index in [2.05, 4.69) is 17.6 Å². The molecule has 0 saturated heterocycles. The van der Waals surface area contributed by atoms with Crippen LogP contribution in [-0.2, 0) is 0 Å². The molecule has 0 atom stereocenters. The molecular weight excluding hydrogens is 268 g/mol. The summed E-state index contributed by atoms with van der Waals surface area (Å²) in [7, 11) is 0. The molecule has 2 aromatic rings. The van der Waals surface area contributed by atoms with E-state index in [4.69, 9.17) is 5.11 Å². The van der Waals surface area contributed by atoms with Crippen LogP contribution in [0.15, 0.2) is 41.4 Å². The van der Waals surface area contributed by atoms with Gasteiger partial charge in [0.15, 0.2) is 0 Å². The van der Waals surface area contributed by atoms with Crippen LogP contribution in [0.1, 0.15) is 10.4 Å². The first-order valence-corrected chi connectivity index (χ1v) is 5.62. The standard InChI is InChI=1S/C12H8N2O4S/c15-12(16)7-4-5-9(19)11(14(17)18)10(7)8-3-1-2-6-13-8/h1-6,19H,(H,15,16). The number of carboxylic acid groups (broad SMARTS) is 1. The Hall–Kier alpha value is -2.41. The van der Waals surface area contributed by atoms with Crippen LogP contribution in [0.5, 0.6) is 0 Å². The Morgan fingerprint density at radius 2 is 2.05 bits per heavy atom. The summed E-state index contributed by atoms with van der Waals surface area (Å²) in [5, 5.41) is 20.3. The number of nitro benzene ring substituents is 1. The molecule has 96 valence electrons. The smallest absolute Gasteiger partial charge is 0.336 e. The van der Waals surface area contributed by atoms with Crippen molar-refractivity contribution in [1.82, 2.24) is 4.98 Å². The number of benzene rings is 1. The van der Waals surface area contributed by atoms with Gasteiger partial charge in [-0.05, 0) is 24.3 Å². The van der Waals surface area contributed by atoms with Crippen LogP contribution in [0.25, 0.3) is 11.3 Å². The average molecular weight is 276 g/mol. The third-order valence-corrected chi connectivity index (χ3v) is 2.85. The SMILES string of the molecule is O=C(O)c1ccc(S)c([N+](=O)[O-])c1-c1ccccn1. The predicted octanol–water partition coefficient (Wildman–Crippen LogP) is 2.64. The highest BCUT2D eigenvalue weighted by atomic mass is 32.1. The van der Waals surface area contributed by atoms with Crippen LogP contribution in [0, 0.1) is 10.1 Å². The lowest BCUT2D eigenvalue weighted by molar-refractivity contribution is -0.387. The van der Waals surface area contributed by atoms with E-state index < -0.39 is 10.9 Å². The van der Waals surface area contributed by atoms with Gasteiger partial charge in [-0.1, -0.05) is 6.07 Å². The van der Waals surface area contributed by atoms with Gasteiger partial charge in [0, 0.05) is 6.20 Å². The van der Waals surface area contributed by atoms with Crippen LogP contribution < -0.4 is 0 Å². The monoisotopic (exact) mass is 276 g/mol. The summed E-state index contributed by atoms with van der Waals surface area (Å²) in [5.41, 5.74) is -0.349. The second-order valence-corrected chi connectivity index (χ2v) is 4.11. The number of aromatic nitrogens is 1. The van der Waals surface area contributed by atoms with Crippen LogP contribution in [0.4, 0.5) is 5.69 Å². The molecule has 0 bridgehead atoms. The lowest BCUT2D eigenvalue weighted by Gasteiger charge is -2.08. The maximum Gasteiger partial charge on any atom is 0.336 e. The molecule has 0 aliphatic rings. The minimum atomic E-state index is -1.25. The minimum Gasteiger partial charge on any atom is -0.478 e. The number of rotatable bonds is 3. The molecule has 0 saturated carbocycles. The molecule has 0 amide bonds. The maximum atomic E-state index is 11.2. The van der Waals surface area contributed by atoms with E-state index in [1.165, 1.54) is 24.4 Å². The van der Waals surface area contributed by atoms with Crippen molar-refractivity contribution in [2.24, 2.45) is 0 Å². The first-order valence-electron chi connectivity index (χ1n) is 5.17. The van der Waals surface area contributed by atoms with Crippen molar-refractivity contribution in [2.45, 2.75) is 4.90 Å². The molecule has 0 aliphatic heterocycles. The van der Waals surface area contributed by atoms with Crippen molar-refractivity contribution >= 4 is 24.3 Å². The molecule has 2 rings (SSSR count). The van der Waals surface area contributed by atoms with Gasteiger partial charge in [0.2, 0.25) is 0 Å². The van der Waals surface area contributed by atoms with E-state index in [-0.39, 0.29) is 27.4 Å².